The number of anilines is 2. The van der Waals surface area contributed by atoms with Crippen LogP contribution in [0.4, 0.5) is 11.5 Å². The van der Waals surface area contributed by atoms with Crippen molar-refractivity contribution in [3.8, 4) is 0 Å². The highest BCUT2D eigenvalue weighted by Crippen LogP contribution is 2.35. The molecule has 39 heavy (non-hydrogen) atoms. The van der Waals surface area contributed by atoms with E-state index in [9.17, 15) is 0 Å². The molecule has 1 aliphatic carbocycles. The number of benzene rings is 1. The minimum absolute atomic E-state index is 0.547. The van der Waals surface area contributed by atoms with Gasteiger partial charge < -0.3 is 15.1 Å². The Morgan fingerprint density at radius 2 is 1.74 bits per heavy atom. The van der Waals surface area contributed by atoms with Crippen LogP contribution in [0.1, 0.15) is 61.8 Å². The average molecular weight is 522 g/mol. The molecule has 0 spiro atoms. The van der Waals surface area contributed by atoms with Crippen molar-refractivity contribution in [2.45, 2.75) is 58.4 Å². The van der Waals surface area contributed by atoms with Crippen LogP contribution < -0.4 is 10.2 Å². The molecule has 5 heteroatoms. The lowest BCUT2D eigenvalue weighted by Gasteiger charge is -2.39. The van der Waals surface area contributed by atoms with Crippen molar-refractivity contribution in [2.75, 3.05) is 29.9 Å². The molecule has 5 nitrogen and oxygen atoms in total. The first-order valence-electron chi connectivity index (χ1n) is 14.6. The van der Waals surface area contributed by atoms with Crippen LogP contribution >= 0.6 is 0 Å². The molecule has 0 unspecified atom stereocenters. The third kappa shape index (κ3) is 7.08. The van der Waals surface area contributed by atoms with Crippen LogP contribution in [0, 0.1) is 18.8 Å². The molecule has 5 rings (SSSR count). The van der Waals surface area contributed by atoms with Gasteiger partial charge in [0.15, 0.2) is 0 Å². The maximum atomic E-state index is 5.04. The van der Waals surface area contributed by atoms with Crippen LogP contribution in [0.5, 0.6) is 0 Å². The Morgan fingerprint density at radius 1 is 0.974 bits per heavy atom. The molecule has 2 aromatic heterocycles. The first-order chi connectivity index (χ1) is 19.1. The molecule has 0 atom stereocenters. The summed E-state index contributed by atoms with van der Waals surface area (Å²) in [5.74, 6) is 2.17. The second-order valence-corrected chi connectivity index (χ2v) is 11.3. The molecule has 1 saturated carbocycles. The molecule has 1 aliphatic heterocycles. The minimum Gasteiger partial charge on any atom is -0.381 e. The molecule has 2 fully saturated rings. The Bertz CT molecular complexity index is 1220. The van der Waals surface area contributed by atoms with E-state index in [1.165, 1.54) is 48.9 Å². The fraction of sp³-hybridized carbons (Fsp3) is 0.412. The van der Waals surface area contributed by atoms with Crippen LogP contribution in [0.2, 0.25) is 0 Å². The lowest BCUT2D eigenvalue weighted by molar-refractivity contribution is 0.256. The van der Waals surface area contributed by atoms with Gasteiger partial charge in [0.05, 0.1) is 0 Å². The Balaban J connectivity index is 1.30. The normalized spacial score (nSPS) is 16.6. The van der Waals surface area contributed by atoms with E-state index < -0.39 is 0 Å². The van der Waals surface area contributed by atoms with E-state index in [2.05, 4.69) is 88.7 Å². The lowest BCUT2D eigenvalue weighted by atomic mass is 9.86. The predicted octanol–water partition coefficient (Wildman–Crippen LogP) is 7.68. The second kappa shape index (κ2) is 13.0. The van der Waals surface area contributed by atoms with Crippen LogP contribution in [-0.4, -0.2) is 34.5 Å². The fourth-order valence-electron chi connectivity index (χ4n) is 6.07. The maximum Gasteiger partial charge on any atom is 0.135 e. The van der Waals surface area contributed by atoms with Gasteiger partial charge >= 0.3 is 0 Å². The third-order valence-electron chi connectivity index (χ3n) is 8.40. The van der Waals surface area contributed by atoms with Crippen molar-refractivity contribution in [2.24, 2.45) is 11.8 Å². The van der Waals surface area contributed by atoms with Crippen molar-refractivity contribution in [3.05, 3.63) is 103 Å². The number of hydrogen-bond donors (Lipinski definition) is 1. The maximum absolute atomic E-state index is 5.04. The Kier molecular flexibility index (Phi) is 8.97. The van der Waals surface area contributed by atoms with Gasteiger partial charge in [-0.2, -0.15) is 0 Å². The van der Waals surface area contributed by atoms with Gasteiger partial charge in [0.2, 0.25) is 0 Å². The van der Waals surface area contributed by atoms with Crippen molar-refractivity contribution >= 4 is 17.2 Å². The first-order valence-corrected chi connectivity index (χ1v) is 14.6. The molecular weight excluding hydrogens is 478 g/mol. The number of likely N-dealkylation sites (tertiary alicyclic amines) is 1. The zero-order chi connectivity index (χ0) is 27.0. The van der Waals surface area contributed by atoms with Gasteiger partial charge in [-0.1, -0.05) is 68.8 Å². The van der Waals surface area contributed by atoms with Crippen molar-refractivity contribution in [1.29, 1.82) is 0 Å². The highest BCUT2D eigenvalue weighted by Gasteiger charge is 2.28. The zero-order valence-corrected chi connectivity index (χ0v) is 23.5. The van der Waals surface area contributed by atoms with Gasteiger partial charge in [-0.3, -0.25) is 4.98 Å². The van der Waals surface area contributed by atoms with Gasteiger partial charge in [0, 0.05) is 67.4 Å². The van der Waals surface area contributed by atoms with Crippen molar-refractivity contribution in [3.63, 3.8) is 0 Å². The highest BCUT2D eigenvalue weighted by atomic mass is 15.2. The molecule has 3 heterocycles. The van der Waals surface area contributed by atoms with E-state index in [1.54, 1.807) is 0 Å². The molecule has 1 aromatic carbocycles. The van der Waals surface area contributed by atoms with E-state index >= 15 is 0 Å². The average Bonchev–Trinajstić information content (AvgIpc) is 2.99. The topological polar surface area (TPSA) is 44.3 Å². The van der Waals surface area contributed by atoms with Crippen molar-refractivity contribution < 1.29 is 0 Å². The van der Waals surface area contributed by atoms with E-state index in [-0.39, 0.29) is 0 Å². The van der Waals surface area contributed by atoms with E-state index in [1.807, 2.05) is 18.5 Å². The lowest BCUT2D eigenvalue weighted by Crippen LogP contribution is -2.39. The number of aryl methyl sites for hydroxylation is 1. The number of aromatic nitrogens is 2. The first kappa shape index (κ1) is 27.0. The predicted molar refractivity (Wildman–Crippen MR) is 163 cm³/mol. The molecule has 1 N–H and O–H groups in total. The van der Waals surface area contributed by atoms with Gasteiger partial charge in [-0.05, 0) is 67.7 Å². The summed E-state index contributed by atoms with van der Waals surface area (Å²) in [7, 11) is 0. The molecular formula is C34H43N5. The summed E-state index contributed by atoms with van der Waals surface area (Å²) in [4.78, 5) is 14.2. The molecule has 3 aromatic rings. The largest absolute Gasteiger partial charge is 0.381 e. The number of allylic oxidation sites excluding steroid dienone is 1. The van der Waals surface area contributed by atoms with E-state index in [0.717, 1.165) is 61.9 Å². The van der Waals surface area contributed by atoms with Crippen molar-refractivity contribution in [1.82, 2.24) is 14.9 Å². The monoisotopic (exact) mass is 521 g/mol. The van der Waals surface area contributed by atoms with Gasteiger partial charge in [-0.25, -0.2) is 4.98 Å². The zero-order valence-electron chi connectivity index (χ0n) is 23.5. The standard InChI is InChI=1S/C34H43N5/c1-26-21-33(36-24-30-11-10-18-35-23-30)22-34(37-26)39(28(3)32-14-8-5-9-15-32)25-29-16-19-38(20-17-29)27(2)31-12-6-4-7-13-31/h4,6-7,10-13,18,21-23,29,32H,2-3,5,8-9,14-17,19-20,24-25H2,1H3,(H,36,37). The summed E-state index contributed by atoms with van der Waals surface area (Å²) in [6, 6.07) is 19.0. The highest BCUT2D eigenvalue weighted by molar-refractivity contribution is 5.62. The summed E-state index contributed by atoms with van der Waals surface area (Å²) in [6.45, 7) is 15.0. The number of nitrogens with zero attached hydrogens (tertiary/aromatic N) is 4. The van der Waals surface area contributed by atoms with Crippen LogP contribution in [0.25, 0.3) is 5.70 Å². The second-order valence-electron chi connectivity index (χ2n) is 11.3. The Hall–Kier alpha value is -3.60. The van der Waals surface area contributed by atoms with Crippen LogP contribution in [0.15, 0.2) is 85.8 Å². The number of hydrogen-bond acceptors (Lipinski definition) is 5. The summed E-state index contributed by atoms with van der Waals surface area (Å²) < 4.78 is 0. The molecule has 204 valence electrons. The summed E-state index contributed by atoms with van der Waals surface area (Å²) in [5, 5.41) is 3.60. The van der Waals surface area contributed by atoms with E-state index in [0.29, 0.717) is 11.8 Å². The minimum atomic E-state index is 0.547. The molecule has 1 saturated heterocycles. The van der Waals surface area contributed by atoms with Gasteiger partial charge in [-0.15, -0.1) is 0 Å². The summed E-state index contributed by atoms with van der Waals surface area (Å²) in [5.41, 5.74) is 6.90. The molecule has 0 radical (unpaired) electrons. The smallest absolute Gasteiger partial charge is 0.135 e. The van der Waals surface area contributed by atoms with Gasteiger partial charge in [0.25, 0.3) is 0 Å². The Morgan fingerprint density at radius 3 is 2.46 bits per heavy atom. The summed E-state index contributed by atoms with van der Waals surface area (Å²) >= 11 is 0. The SMILES string of the molecule is C=C(c1ccccc1)N1CCC(CN(C(=C)C2CCCCC2)c2cc(NCc3cccnc3)cc(C)n2)CC1. The van der Waals surface area contributed by atoms with E-state index in [4.69, 9.17) is 4.98 Å². The summed E-state index contributed by atoms with van der Waals surface area (Å²) in [6.07, 6.45) is 12.5. The fourth-order valence-corrected chi connectivity index (χ4v) is 6.07. The quantitative estimate of drug-likeness (QED) is 0.296. The molecule has 2 aliphatic rings. The number of piperidine rings is 1. The number of pyridine rings is 2. The molecule has 0 amide bonds. The molecule has 0 bridgehead atoms. The number of nitrogens with one attached hydrogen (secondary N) is 1. The van der Waals surface area contributed by atoms with Gasteiger partial charge in [0.1, 0.15) is 5.82 Å². The number of rotatable bonds is 10. The van der Waals surface area contributed by atoms with Crippen LogP contribution in [0.3, 0.4) is 0 Å². The van der Waals surface area contributed by atoms with Crippen LogP contribution in [-0.2, 0) is 6.54 Å². The Labute approximate surface area is 234 Å². The third-order valence-corrected chi connectivity index (χ3v) is 8.40.